The monoisotopic (exact) mass is 331 g/mol. The van der Waals surface area contributed by atoms with Crippen molar-refractivity contribution in [2.45, 2.75) is 0 Å². The number of rotatable bonds is 0. The summed E-state index contributed by atoms with van der Waals surface area (Å²) in [5, 5.41) is 2.26. The molecule has 0 aliphatic carbocycles. The summed E-state index contributed by atoms with van der Waals surface area (Å²) < 4.78 is 10.7. The van der Waals surface area contributed by atoms with Crippen LogP contribution in [0.3, 0.4) is 0 Å². The molecular weight excluding hydrogens is 322 g/mol. The Balaban J connectivity index is 2.20. The van der Waals surface area contributed by atoms with Crippen LogP contribution in [0.5, 0.6) is 0 Å². The predicted octanol–water partition coefficient (Wildman–Crippen LogP) is 2.89. The highest BCUT2D eigenvalue weighted by Gasteiger charge is 2.16. The van der Waals surface area contributed by atoms with Crippen molar-refractivity contribution in [1.82, 2.24) is 4.98 Å². The Morgan fingerprint density at radius 3 is 2.36 bits per heavy atom. The van der Waals surface area contributed by atoms with Crippen molar-refractivity contribution in [1.29, 1.82) is 0 Å². The normalized spacial score (nSPS) is 11.7. The van der Waals surface area contributed by atoms with E-state index in [1.165, 1.54) is 6.07 Å². The molecule has 0 bridgehead atoms. The van der Waals surface area contributed by atoms with Crippen LogP contribution in [0.4, 0.5) is 0 Å². The summed E-state index contributed by atoms with van der Waals surface area (Å²) in [5.74, 6) is 0. The summed E-state index contributed by atoms with van der Waals surface area (Å²) in [6.07, 6.45) is 0. The van der Waals surface area contributed by atoms with Gasteiger partial charge in [0.2, 0.25) is 0 Å². The van der Waals surface area contributed by atoms with Crippen LogP contribution >= 0.6 is 0 Å². The van der Waals surface area contributed by atoms with Gasteiger partial charge in [0.05, 0.1) is 21.7 Å². The highest BCUT2D eigenvalue weighted by atomic mass is 16.4. The molecule has 3 heterocycles. The summed E-state index contributed by atoms with van der Waals surface area (Å²) >= 11 is 0. The number of H-pyrrole nitrogens is 1. The predicted molar refractivity (Wildman–Crippen MR) is 94.2 cm³/mol. The molecule has 2 aromatic carbocycles. The van der Waals surface area contributed by atoms with Gasteiger partial charge in [-0.15, -0.1) is 0 Å². The molecule has 0 amide bonds. The fourth-order valence-corrected chi connectivity index (χ4v) is 3.28. The molecule has 1 N–H and O–H groups in total. The SMILES string of the molecule is O=c1ccc2c(ccc3[nH]c(=O)c4c5ccccc5c(=O)oc4c32)o1. The molecule has 0 aliphatic rings. The first-order valence-electron chi connectivity index (χ1n) is 7.58. The number of nitrogens with one attached hydrogen (secondary N) is 1. The molecule has 0 aliphatic heterocycles. The van der Waals surface area contributed by atoms with Crippen molar-refractivity contribution < 1.29 is 8.83 Å². The fourth-order valence-electron chi connectivity index (χ4n) is 3.28. The van der Waals surface area contributed by atoms with Gasteiger partial charge in [-0.05, 0) is 24.3 Å². The highest BCUT2D eigenvalue weighted by Crippen LogP contribution is 2.30. The van der Waals surface area contributed by atoms with E-state index in [-0.39, 0.29) is 11.1 Å². The standard InChI is InChI=1S/C19H9NO5/c21-14-8-5-11-13(24-14)7-6-12-15(11)17-16(18(22)20-12)9-3-1-2-4-10(9)19(23)25-17/h1-8H,(H,20,22). The zero-order valence-electron chi connectivity index (χ0n) is 12.7. The molecule has 5 rings (SSSR count). The number of aromatic nitrogens is 1. The number of benzene rings is 2. The number of pyridine rings is 1. The first kappa shape index (κ1) is 13.7. The van der Waals surface area contributed by atoms with E-state index in [0.717, 1.165) is 0 Å². The van der Waals surface area contributed by atoms with Gasteiger partial charge < -0.3 is 13.8 Å². The zero-order valence-corrected chi connectivity index (χ0v) is 12.7. The lowest BCUT2D eigenvalue weighted by Crippen LogP contribution is -2.11. The van der Waals surface area contributed by atoms with Crippen LogP contribution in [0.15, 0.2) is 71.7 Å². The molecule has 0 fully saturated rings. The van der Waals surface area contributed by atoms with Crippen LogP contribution in [0.25, 0.3) is 43.6 Å². The van der Waals surface area contributed by atoms with Gasteiger partial charge in [0.15, 0.2) is 5.58 Å². The Labute approximate surface area is 137 Å². The smallest absolute Gasteiger partial charge is 0.344 e. The van der Waals surface area contributed by atoms with Gasteiger partial charge in [-0.25, -0.2) is 9.59 Å². The Morgan fingerprint density at radius 1 is 0.720 bits per heavy atom. The number of hydrogen-bond acceptors (Lipinski definition) is 5. The minimum absolute atomic E-state index is 0.182. The van der Waals surface area contributed by atoms with Crippen LogP contribution in [-0.4, -0.2) is 4.98 Å². The van der Waals surface area contributed by atoms with E-state index in [4.69, 9.17) is 8.83 Å². The molecule has 3 aromatic heterocycles. The maximum absolute atomic E-state index is 12.6. The molecule has 0 atom stereocenters. The van der Waals surface area contributed by atoms with Crippen LogP contribution in [-0.2, 0) is 0 Å². The van der Waals surface area contributed by atoms with Gasteiger partial charge in [0, 0.05) is 16.8 Å². The van der Waals surface area contributed by atoms with E-state index in [9.17, 15) is 14.4 Å². The Bertz CT molecular complexity index is 1500. The second-order valence-electron chi connectivity index (χ2n) is 5.75. The quantitative estimate of drug-likeness (QED) is 0.348. The minimum atomic E-state index is -0.524. The molecule has 5 aromatic rings. The fraction of sp³-hybridized carbons (Fsp3) is 0. The molecule has 0 saturated heterocycles. The van der Waals surface area contributed by atoms with Gasteiger partial charge >= 0.3 is 11.3 Å². The van der Waals surface area contributed by atoms with E-state index >= 15 is 0 Å². The zero-order chi connectivity index (χ0) is 17.1. The third-order valence-electron chi connectivity index (χ3n) is 4.34. The molecule has 0 spiro atoms. The van der Waals surface area contributed by atoms with Crippen LogP contribution in [0, 0.1) is 0 Å². The molecule has 0 unspecified atom stereocenters. The Morgan fingerprint density at radius 2 is 1.52 bits per heavy atom. The molecule has 6 nitrogen and oxygen atoms in total. The van der Waals surface area contributed by atoms with Crippen LogP contribution < -0.4 is 16.8 Å². The third kappa shape index (κ3) is 1.82. The molecule has 25 heavy (non-hydrogen) atoms. The summed E-state index contributed by atoms with van der Waals surface area (Å²) in [4.78, 5) is 39.3. The lowest BCUT2D eigenvalue weighted by Gasteiger charge is -2.07. The van der Waals surface area contributed by atoms with E-state index in [1.807, 2.05) is 0 Å². The van der Waals surface area contributed by atoms with Crippen LogP contribution in [0.2, 0.25) is 0 Å². The van der Waals surface area contributed by atoms with Crippen molar-refractivity contribution in [2.24, 2.45) is 0 Å². The van der Waals surface area contributed by atoms with Crippen molar-refractivity contribution in [3.8, 4) is 0 Å². The average molecular weight is 331 g/mol. The Kier molecular flexibility index (Phi) is 2.57. The molecule has 120 valence electrons. The molecule has 0 saturated carbocycles. The first-order valence-corrected chi connectivity index (χ1v) is 7.58. The van der Waals surface area contributed by atoms with Crippen molar-refractivity contribution in [3.05, 3.63) is 79.7 Å². The molecule has 6 heteroatoms. The van der Waals surface area contributed by atoms with E-state index in [0.29, 0.717) is 38.0 Å². The average Bonchev–Trinajstić information content (AvgIpc) is 2.61. The Hall–Kier alpha value is -3.67. The number of aromatic amines is 1. The maximum atomic E-state index is 12.6. The van der Waals surface area contributed by atoms with Gasteiger partial charge in [-0.1, -0.05) is 18.2 Å². The summed E-state index contributed by atoms with van der Waals surface area (Å²) in [7, 11) is 0. The summed E-state index contributed by atoms with van der Waals surface area (Å²) in [6.45, 7) is 0. The second kappa shape index (κ2) is 4.67. The lowest BCUT2D eigenvalue weighted by atomic mass is 10.0. The summed E-state index contributed by atoms with van der Waals surface area (Å²) in [5.41, 5.74) is -0.320. The first-order chi connectivity index (χ1) is 12.1. The molecule has 0 radical (unpaired) electrons. The molecular formula is C19H9NO5. The van der Waals surface area contributed by atoms with Gasteiger partial charge in [0.1, 0.15) is 5.58 Å². The lowest BCUT2D eigenvalue weighted by molar-refractivity contribution is 0.560. The van der Waals surface area contributed by atoms with Gasteiger partial charge in [-0.3, -0.25) is 4.79 Å². The van der Waals surface area contributed by atoms with Crippen molar-refractivity contribution in [2.75, 3.05) is 0 Å². The highest BCUT2D eigenvalue weighted by molar-refractivity contribution is 6.19. The van der Waals surface area contributed by atoms with Crippen molar-refractivity contribution >= 4 is 43.6 Å². The number of hydrogen-bond donors (Lipinski definition) is 1. The third-order valence-corrected chi connectivity index (χ3v) is 4.34. The number of fused-ring (bicyclic) bond motifs is 7. The van der Waals surface area contributed by atoms with E-state index in [2.05, 4.69) is 4.98 Å². The van der Waals surface area contributed by atoms with E-state index < -0.39 is 11.3 Å². The maximum Gasteiger partial charge on any atom is 0.344 e. The minimum Gasteiger partial charge on any atom is -0.423 e. The van der Waals surface area contributed by atoms with Crippen molar-refractivity contribution in [3.63, 3.8) is 0 Å². The van der Waals surface area contributed by atoms with Gasteiger partial charge in [-0.2, -0.15) is 0 Å². The second-order valence-corrected chi connectivity index (χ2v) is 5.75. The topological polar surface area (TPSA) is 93.3 Å². The largest absolute Gasteiger partial charge is 0.423 e. The van der Waals surface area contributed by atoms with Crippen LogP contribution in [0.1, 0.15) is 0 Å². The summed E-state index contributed by atoms with van der Waals surface area (Å²) in [6, 6.07) is 12.9. The van der Waals surface area contributed by atoms with Gasteiger partial charge in [0.25, 0.3) is 5.56 Å². The van der Waals surface area contributed by atoms with E-state index in [1.54, 1.807) is 42.5 Å².